The molecule has 4 rings (SSSR count). The van der Waals surface area contributed by atoms with Gasteiger partial charge in [0, 0.05) is 60.0 Å². The first-order valence-electron chi connectivity index (χ1n) is 15.5. The third-order valence-electron chi connectivity index (χ3n) is 8.80. The Morgan fingerprint density at radius 2 is 1.93 bits per heavy atom. The molecule has 6 N–H and O–H groups in total. The van der Waals surface area contributed by atoms with Crippen LogP contribution in [0.1, 0.15) is 85.7 Å². The van der Waals surface area contributed by atoms with Gasteiger partial charge in [-0.15, -0.1) is 0 Å². The molecule has 2 heterocycles. The number of carbonyl (C=O) groups excluding carboxylic acids is 2. The number of nitrogen functional groups attached to an aromatic ring is 1. The number of hydrogen-bond donors (Lipinski definition) is 5. The number of rotatable bonds is 17. The van der Waals surface area contributed by atoms with E-state index in [2.05, 4.69) is 16.9 Å². The number of pyridine rings is 1. The smallest absolute Gasteiger partial charge is 0.161 e. The van der Waals surface area contributed by atoms with Gasteiger partial charge in [0.1, 0.15) is 17.4 Å². The molecule has 1 aromatic carbocycles. The first-order valence-corrected chi connectivity index (χ1v) is 15.5. The van der Waals surface area contributed by atoms with Gasteiger partial charge >= 0.3 is 0 Å². The number of fused-ring (bicyclic) bond motifs is 1. The molecule has 0 fully saturated rings. The minimum atomic E-state index is -0.832. The molecule has 0 amide bonds. The van der Waals surface area contributed by atoms with Crippen molar-refractivity contribution in [3.8, 4) is 11.5 Å². The van der Waals surface area contributed by atoms with E-state index in [4.69, 9.17) is 10.5 Å². The second-order valence-corrected chi connectivity index (χ2v) is 11.9. The summed E-state index contributed by atoms with van der Waals surface area (Å²) in [7, 11) is 1.48. The van der Waals surface area contributed by atoms with Gasteiger partial charge in [-0.05, 0) is 73.4 Å². The maximum absolute atomic E-state index is 12.8. The van der Waals surface area contributed by atoms with E-state index in [1.54, 1.807) is 12.3 Å². The number of aromatic amines is 1. The predicted molar refractivity (Wildman–Crippen MR) is 170 cm³/mol. The molecule has 0 aliphatic heterocycles. The zero-order chi connectivity index (χ0) is 31.7. The summed E-state index contributed by atoms with van der Waals surface area (Å²) in [6, 6.07) is 9.29. The van der Waals surface area contributed by atoms with Gasteiger partial charge in [-0.2, -0.15) is 0 Å². The maximum atomic E-state index is 12.8. The quantitative estimate of drug-likeness (QED) is 0.133. The van der Waals surface area contributed by atoms with E-state index in [0.29, 0.717) is 37.1 Å². The number of aryl methyl sites for hydroxylation is 1. The summed E-state index contributed by atoms with van der Waals surface area (Å²) in [4.78, 5) is 32.8. The number of ketones is 2. The first kappa shape index (κ1) is 33.0. The van der Waals surface area contributed by atoms with E-state index in [9.17, 15) is 24.9 Å². The Hall–Kier alpha value is -3.95. The Labute approximate surface area is 259 Å². The van der Waals surface area contributed by atoms with Gasteiger partial charge in [-0.25, -0.2) is 4.98 Å². The molecule has 236 valence electrons. The maximum Gasteiger partial charge on any atom is 0.161 e. The summed E-state index contributed by atoms with van der Waals surface area (Å²) < 4.78 is 5.57. The zero-order valence-electron chi connectivity index (χ0n) is 25.7. The number of hydrogen-bond acceptors (Lipinski definition) is 8. The molecule has 0 saturated heterocycles. The number of nitrogens with zero attached hydrogens (tertiary/aromatic N) is 1. The van der Waals surface area contributed by atoms with Crippen molar-refractivity contribution < 1.29 is 29.6 Å². The lowest BCUT2D eigenvalue weighted by Crippen LogP contribution is -2.36. The number of aromatic hydroxyl groups is 1. The number of phenolic OH excluding ortho intramolecular Hbond substituents is 1. The number of carbonyl (C=O) groups is 2. The van der Waals surface area contributed by atoms with Crippen molar-refractivity contribution in [3.63, 3.8) is 0 Å². The van der Waals surface area contributed by atoms with Gasteiger partial charge in [0.15, 0.2) is 11.5 Å². The number of nitrogens with two attached hydrogens (primary N) is 1. The Balaban J connectivity index is 1.58. The number of aliphatic hydroxyl groups excluding tert-OH is 2. The zero-order valence-corrected chi connectivity index (χ0v) is 25.7. The molecule has 44 heavy (non-hydrogen) atoms. The lowest BCUT2D eigenvalue weighted by atomic mass is 9.63. The molecule has 3 aromatic rings. The molecule has 0 radical (unpaired) electrons. The van der Waals surface area contributed by atoms with Crippen molar-refractivity contribution in [1.29, 1.82) is 0 Å². The number of anilines is 1. The third kappa shape index (κ3) is 7.57. The minimum Gasteiger partial charge on any atom is -0.504 e. The largest absolute Gasteiger partial charge is 0.504 e. The van der Waals surface area contributed by atoms with E-state index in [0.717, 1.165) is 41.6 Å². The fourth-order valence-electron chi connectivity index (χ4n) is 6.48. The molecule has 3 unspecified atom stereocenters. The molecule has 9 heteroatoms. The van der Waals surface area contributed by atoms with Crippen LogP contribution >= 0.6 is 0 Å². The van der Waals surface area contributed by atoms with Crippen LogP contribution in [0.3, 0.4) is 0 Å². The normalized spacial score (nSPS) is 18.1. The number of H-pyrrole nitrogens is 1. The van der Waals surface area contributed by atoms with Crippen molar-refractivity contribution in [2.24, 2.45) is 11.3 Å². The van der Waals surface area contributed by atoms with Gasteiger partial charge < -0.3 is 30.8 Å². The van der Waals surface area contributed by atoms with Crippen LogP contribution in [0.5, 0.6) is 11.5 Å². The number of phenols is 1. The average Bonchev–Trinajstić information content (AvgIpc) is 3.53. The van der Waals surface area contributed by atoms with Crippen LogP contribution in [-0.2, 0) is 22.4 Å². The van der Waals surface area contributed by atoms with Crippen LogP contribution < -0.4 is 10.5 Å². The summed E-state index contributed by atoms with van der Waals surface area (Å²) >= 11 is 0. The average molecular weight is 604 g/mol. The third-order valence-corrected chi connectivity index (χ3v) is 8.80. The van der Waals surface area contributed by atoms with E-state index in [1.165, 1.54) is 7.11 Å². The monoisotopic (exact) mass is 603 g/mol. The van der Waals surface area contributed by atoms with Gasteiger partial charge in [-0.3, -0.25) is 9.59 Å². The Bertz CT molecular complexity index is 1450. The highest BCUT2D eigenvalue weighted by Gasteiger charge is 2.44. The van der Waals surface area contributed by atoms with Crippen LogP contribution in [0, 0.1) is 11.3 Å². The number of benzene rings is 1. The second-order valence-electron chi connectivity index (χ2n) is 11.9. The number of ether oxygens (including phenoxy) is 1. The number of methoxy groups -OCH3 is 1. The van der Waals surface area contributed by atoms with Crippen molar-refractivity contribution in [2.75, 3.05) is 26.1 Å². The minimum absolute atomic E-state index is 0.0482. The van der Waals surface area contributed by atoms with Crippen molar-refractivity contribution in [3.05, 3.63) is 76.7 Å². The van der Waals surface area contributed by atoms with Crippen LogP contribution in [0.4, 0.5) is 5.82 Å². The lowest BCUT2D eigenvalue weighted by Gasteiger charge is -2.41. The van der Waals surface area contributed by atoms with Gasteiger partial charge in [-0.1, -0.05) is 31.6 Å². The first-order chi connectivity index (χ1) is 21.2. The molecule has 3 atom stereocenters. The molecule has 1 aliphatic rings. The van der Waals surface area contributed by atoms with E-state index in [1.807, 2.05) is 42.6 Å². The van der Waals surface area contributed by atoms with Crippen molar-refractivity contribution in [1.82, 2.24) is 9.97 Å². The Kier molecular flexibility index (Phi) is 11.4. The van der Waals surface area contributed by atoms with Crippen molar-refractivity contribution >= 4 is 23.5 Å². The highest BCUT2D eigenvalue weighted by Crippen LogP contribution is 2.53. The van der Waals surface area contributed by atoms with Crippen LogP contribution in [0.25, 0.3) is 6.08 Å². The topological polar surface area (TPSA) is 159 Å². The van der Waals surface area contributed by atoms with Crippen molar-refractivity contribution in [2.45, 2.75) is 70.6 Å². The Morgan fingerprint density at radius 1 is 1.14 bits per heavy atom. The van der Waals surface area contributed by atoms with E-state index in [-0.39, 0.29) is 55.0 Å². The summed E-state index contributed by atoms with van der Waals surface area (Å²) in [6.07, 6.45) is 11.9. The molecular formula is C35H45N3O6. The molecule has 0 bridgehead atoms. The van der Waals surface area contributed by atoms with Gasteiger partial charge in [0.25, 0.3) is 0 Å². The number of Topliss-reactive ketones (excluding diaryl/α,β-unsaturated/α-hetero) is 2. The second kappa shape index (κ2) is 15.2. The summed E-state index contributed by atoms with van der Waals surface area (Å²) in [6.45, 7) is 1.99. The van der Waals surface area contributed by atoms with Crippen LogP contribution in [-0.4, -0.2) is 57.2 Å². The standard InChI is InChI=1S/C35H45N3O6/c1-3-6-23(21-39)7-4-9-26(41)19-27(42)11-10-24-17-30(33(43)31(18-24)44-2)32-28-13-16-38-34(36)29(28)12-14-35(32,22-40)20-25-8-5-15-37-25/h5,8,12-18,23,32,37,39-40,43H,3-4,6-7,9-11,19-22H2,1-2H3,(H2,36,38). The van der Waals surface area contributed by atoms with Gasteiger partial charge in [0.05, 0.1) is 20.1 Å². The molecular weight excluding hydrogens is 558 g/mol. The van der Waals surface area contributed by atoms with Crippen LogP contribution in [0.2, 0.25) is 0 Å². The predicted octanol–water partition coefficient (Wildman–Crippen LogP) is 5.13. The Morgan fingerprint density at radius 3 is 2.61 bits per heavy atom. The fraction of sp³-hybridized carbons (Fsp3) is 0.457. The molecule has 9 nitrogen and oxygen atoms in total. The van der Waals surface area contributed by atoms with Crippen LogP contribution in [0.15, 0.2) is 48.8 Å². The number of aromatic nitrogens is 2. The van der Waals surface area contributed by atoms with E-state index < -0.39 is 11.3 Å². The SMILES string of the molecule is CCCC(CO)CCCC(=O)CC(=O)CCc1cc(OC)c(O)c(C2c3ccnc(N)c3C=CC2(CO)Cc2ccc[nH]2)c1. The lowest BCUT2D eigenvalue weighted by molar-refractivity contribution is -0.127. The number of aliphatic hydroxyl groups is 2. The molecule has 0 spiro atoms. The highest BCUT2D eigenvalue weighted by atomic mass is 16.5. The fourth-order valence-corrected chi connectivity index (χ4v) is 6.48. The summed E-state index contributed by atoms with van der Waals surface area (Å²) in [5, 5.41) is 31.9. The summed E-state index contributed by atoms with van der Waals surface area (Å²) in [5.74, 6) is 0.0318. The number of nitrogens with one attached hydrogen (secondary N) is 1. The highest BCUT2D eigenvalue weighted by molar-refractivity contribution is 5.99. The molecule has 2 aromatic heterocycles. The van der Waals surface area contributed by atoms with Gasteiger partial charge in [0.2, 0.25) is 0 Å². The molecule has 0 saturated carbocycles. The van der Waals surface area contributed by atoms with E-state index >= 15 is 0 Å². The molecule has 1 aliphatic carbocycles. The summed E-state index contributed by atoms with van der Waals surface area (Å²) in [5.41, 5.74) is 9.22.